The number of amides is 1. The van der Waals surface area contributed by atoms with Crippen molar-refractivity contribution >= 4 is 6.09 Å². The summed E-state index contributed by atoms with van der Waals surface area (Å²) in [6.45, 7) is 3.06. The van der Waals surface area contributed by atoms with Gasteiger partial charge in [-0.3, -0.25) is 4.90 Å². The summed E-state index contributed by atoms with van der Waals surface area (Å²) < 4.78 is 5.77. The van der Waals surface area contributed by atoms with Crippen LogP contribution in [0.2, 0.25) is 0 Å². The predicted molar refractivity (Wildman–Crippen MR) is 99.0 cm³/mol. The first-order chi connectivity index (χ1) is 12.7. The van der Waals surface area contributed by atoms with E-state index in [1.807, 2.05) is 36.4 Å². The average Bonchev–Trinajstić information content (AvgIpc) is 2.68. The van der Waals surface area contributed by atoms with Crippen molar-refractivity contribution in [1.29, 1.82) is 0 Å². The van der Waals surface area contributed by atoms with E-state index in [9.17, 15) is 9.90 Å². The molecule has 136 valence electrons. The van der Waals surface area contributed by atoms with Gasteiger partial charge in [0.05, 0.1) is 6.04 Å². The van der Waals surface area contributed by atoms with E-state index in [0.717, 1.165) is 43.6 Å². The first kappa shape index (κ1) is 16.9. The molecule has 0 radical (unpaired) electrons. The van der Waals surface area contributed by atoms with Crippen LogP contribution < -0.4 is 5.32 Å². The van der Waals surface area contributed by atoms with Gasteiger partial charge >= 0.3 is 6.09 Å². The summed E-state index contributed by atoms with van der Waals surface area (Å²) in [5, 5.41) is 12.8. The SMILES string of the molecule is O=C(NC(c1ccccc1)c1cccc(O)c1)OC1CN2CCC1CC2. The molecule has 0 spiro atoms. The quantitative estimate of drug-likeness (QED) is 0.886. The van der Waals surface area contributed by atoms with E-state index in [1.54, 1.807) is 18.2 Å². The Labute approximate surface area is 153 Å². The van der Waals surface area contributed by atoms with Gasteiger partial charge in [0.1, 0.15) is 11.9 Å². The second-order valence-corrected chi connectivity index (χ2v) is 7.16. The molecular formula is C21H24N2O3. The van der Waals surface area contributed by atoms with E-state index in [4.69, 9.17) is 4.74 Å². The summed E-state index contributed by atoms with van der Waals surface area (Å²) in [6, 6.07) is 16.3. The van der Waals surface area contributed by atoms with Gasteiger partial charge in [0.15, 0.2) is 0 Å². The van der Waals surface area contributed by atoms with Crippen molar-refractivity contribution in [3.63, 3.8) is 0 Å². The molecule has 3 saturated heterocycles. The van der Waals surface area contributed by atoms with E-state index < -0.39 is 6.09 Å². The average molecular weight is 352 g/mol. The largest absolute Gasteiger partial charge is 0.508 e. The molecule has 5 rings (SSSR count). The van der Waals surface area contributed by atoms with Crippen LogP contribution in [-0.2, 0) is 4.74 Å². The minimum Gasteiger partial charge on any atom is -0.508 e. The maximum Gasteiger partial charge on any atom is 0.408 e. The number of phenols is 1. The number of alkyl carbamates (subject to hydrolysis) is 1. The minimum atomic E-state index is -0.402. The van der Waals surface area contributed by atoms with Gasteiger partial charge in [-0.25, -0.2) is 4.79 Å². The second-order valence-electron chi connectivity index (χ2n) is 7.16. The molecule has 0 aromatic heterocycles. The Kier molecular flexibility index (Phi) is 4.80. The maximum atomic E-state index is 12.6. The Morgan fingerprint density at radius 1 is 1.08 bits per heavy atom. The third kappa shape index (κ3) is 3.68. The van der Waals surface area contributed by atoms with Crippen molar-refractivity contribution in [3.05, 3.63) is 65.7 Å². The van der Waals surface area contributed by atoms with Crippen molar-refractivity contribution in [2.45, 2.75) is 25.0 Å². The molecule has 3 aliphatic rings. The Morgan fingerprint density at radius 3 is 2.46 bits per heavy atom. The lowest BCUT2D eigenvalue weighted by Gasteiger charge is -2.43. The summed E-state index contributed by atoms with van der Waals surface area (Å²) >= 11 is 0. The van der Waals surface area contributed by atoms with E-state index in [-0.39, 0.29) is 17.9 Å². The number of hydrogen-bond donors (Lipinski definition) is 2. The van der Waals surface area contributed by atoms with Crippen LogP contribution in [0.4, 0.5) is 4.79 Å². The van der Waals surface area contributed by atoms with Gasteiger partial charge in [-0.1, -0.05) is 42.5 Å². The van der Waals surface area contributed by atoms with Gasteiger partial charge in [-0.2, -0.15) is 0 Å². The summed E-state index contributed by atoms with van der Waals surface area (Å²) in [4.78, 5) is 15.0. The Bertz CT molecular complexity index is 757. The number of rotatable bonds is 4. The molecule has 26 heavy (non-hydrogen) atoms. The Hall–Kier alpha value is -2.53. The molecular weight excluding hydrogens is 328 g/mol. The molecule has 5 heteroatoms. The highest BCUT2D eigenvalue weighted by Crippen LogP contribution is 2.30. The number of nitrogens with one attached hydrogen (secondary N) is 1. The fourth-order valence-corrected chi connectivity index (χ4v) is 4.04. The topological polar surface area (TPSA) is 61.8 Å². The molecule has 3 aliphatic heterocycles. The molecule has 3 fully saturated rings. The number of aromatic hydroxyl groups is 1. The third-order valence-electron chi connectivity index (χ3n) is 5.45. The van der Waals surface area contributed by atoms with Crippen LogP contribution in [0.3, 0.4) is 0 Å². The molecule has 2 aromatic carbocycles. The molecule has 5 nitrogen and oxygen atoms in total. The van der Waals surface area contributed by atoms with E-state index in [1.165, 1.54) is 0 Å². The highest BCUT2D eigenvalue weighted by atomic mass is 16.6. The molecule has 2 atom stereocenters. The van der Waals surface area contributed by atoms with Gasteiger partial charge in [0, 0.05) is 6.54 Å². The van der Waals surface area contributed by atoms with Crippen LogP contribution in [0.5, 0.6) is 5.75 Å². The second kappa shape index (κ2) is 7.38. The fourth-order valence-electron chi connectivity index (χ4n) is 4.04. The number of carbonyl (C=O) groups is 1. The number of hydrogen-bond acceptors (Lipinski definition) is 4. The van der Waals surface area contributed by atoms with Crippen molar-refractivity contribution in [1.82, 2.24) is 10.2 Å². The van der Waals surface area contributed by atoms with Crippen LogP contribution in [0.15, 0.2) is 54.6 Å². The molecule has 2 N–H and O–H groups in total. The summed E-state index contributed by atoms with van der Waals surface area (Å²) in [6.07, 6.45) is 1.78. The number of carbonyl (C=O) groups excluding carboxylic acids is 1. The zero-order chi connectivity index (χ0) is 17.9. The molecule has 3 heterocycles. The zero-order valence-corrected chi connectivity index (χ0v) is 14.7. The van der Waals surface area contributed by atoms with Crippen LogP contribution in [0.1, 0.15) is 30.0 Å². The van der Waals surface area contributed by atoms with Crippen LogP contribution in [0.25, 0.3) is 0 Å². The molecule has 0 saturated carbocycles. The molecule has 1 amide bonds. The van der Waals surface area contributed by atoms with Crippen molar-refractivity contribution < 1.29 is 14.6 Å². The number of piperidine rings is 3. The van der Waals surface area contributed by atoms with Crippen molar-refractivity contribution in [2.75, 3.05) is 19.6 Å². The Morgan fingerprint density at radius 2 is 1.81 bits per heavy atom. The number of nitrogens with zero attached hydrogens (tertiary/aromatic N) is 1. The number of fused-ring (bicyclic) bond motifs is 3. The first-order valence-corrected chi connectivity index (χ1v) is 9.22. The maximum absolute atomic E-state index is 12.6. The lowest BCUT2D eigenvalue weighted by atomic mass is 9.86. The molecule has 0 aliphatic carbocycles. The van der Waals surface area contributed by atoms with Crippen LogP contribution in [0, 0.1) is 5.92 Å². The number of phenolic OH excluding ortho intramolecular Hbond substituents is 1. The summed E-state index contributed by atoms with van der Waals surface area (Å²) in [5.41, 5.74) is 1.77. The van der Waals surface area contributed by atoms with Crippen molar-refractivity contribution in [3.8, 4) is 5.75 Å². The minimum absolute atomic E-state index is 0.0295. The predicted octanol–water partition coefficient (Wildman–Crippen LogP) is 3.30. The van der Waals surface area contributed by atoms with E-state index in [0.29, 0.717) is 5.92 Å². The van der Waals surface area contributed by atoms with Gasteiger partial charge in [0.2, 0.25) is 0 Å². The Balaban J connectivity index is 1.50. The third-order valence-corrected chi connectivity index (χ3v) is 5.45. The van der Waals surface area contributed by atoms with E-state index in [2.05, 4.69) is 10.2 Å². The normalized spacial score (nSPS) is 25.5. The standard InChI is InChI=1S/C21H24N2O3/c24-18-8-4-7-17(13-18)20(16-5-2-1-3-6-16)22-21(25)26-19-14-23-11-9-15(19)10-12-23/h1-8,13,15,19-20,24H,9-12,14H2,(H,22,25). The smallest absolute Gasteiger partial charge is 0.408 e. The highest BCUT2D eigenvalue weighted by molar-refractivity contribution is 5.69. The number of benzene rings is 2. The lowest BCUT2D eigenvalue weighted by Crippen LogP contribution is -2.52. The molecule has 2 bridgehead atoms. The summed E-state index contributed by atoms with van der Waals surface area (Å²) in [7, 11) is 0. The monoisotopic (exact) mass is 352 g/mol. The van der Waals surface area contributed by atoms with Gasteiger partial charge in [0.25, 0.3) is 0 Å². The van der Waals surface area contributed by atoms with Crippen molar-refractivity contribution in [2.24, 2.45) is 5.92 Å². The molecule has 2 unspecified atom stereocenters. The highest BCUT2D eigenvalue weighted by Gasteiger charge is 2.36. The first-order valence-electron chi connectivity index (χ1n) is 9.22. The lowest BCUT2D eigenvalue weighted by molar-refractivity contribution is -0.0336. The molecule has 2 aromatic rings. The van der Waals surface area contributed by atoms with Gasteiger partial charge in [-0.15, -0.1) is 0 Å². The van der Waals surface area contributed by atoms with Gasteiger partial charge < -0.3 is 15.2 Å². The van der Waals surface area contributed by atoms with Gasteiger partial charge in [-0.05, 0) is 55.1 Å². The zero-order valence-electron chi connectivity index (χ0n) is 14.7. The van der Waals surface area contributed by atoms with Crippen LogP contribution in [-0.4, -0.2) is 41.8 Å². The number of ether oxygens (including phenoxy) is 1. The fraction of sp³-hybridized carbons (Fsp3) is 0.381. The van der Waals surface area contributed by atoms with Crippen LogP contribution >= 0.6 is 0 Å². The van der Waals surface area contributed by atoms with E-state index >= 15 is 0 Å². The summed E-state index contributed by atoms with van der Waals surface area (Å²) in [5.74, 6) is 0.651.